The Kier molecular flexibility index (Phi) is 8.24. The lowest BCUT2D eigenvalue weighted by molar-refractivity contribution is 0.994. The number of aryl methyl sites for hydroxylation is 1. The molecular formula is C61H38N4S. The average molecular weight is 859 g/mol. The Labute approximate surface area is 384 Å². The van der Waals surface area contributed by atoms with Crippen LogP contribution in [0.25, 0.3) is 131 Å². The molecule has 308 valence electrons. The van der Waals surface area contributed by atoms with Gasteiger partial charge in [-0.05, 0) is 87.0 Å². The van der Waals surface area contributed by atoms with Gasteiger partial charge in [-0.3, -0.25) is 0 Å². The second-order valence-electron chi connectivity index (χ2n) is 17.4. The highest BCUT2D eigenvalue weighted by molar-refractivity contribution is 7.26. The van der Waals surface area contributed by atoms with Gasteiger partial charge in [0.15, 0.2) is 17.5 Å². The summed E-state index contributed by atoms with van der Waals surface area (Å²) in [5.41, 5.74) is 11.1. The standard InChI is InChI=1S/C61H38N4S/c1-2-16-37(17-3-1)38-30-32-39(33-31-38)59-62-60(51-35-42-20-6-7-21-43(42)44-22-8-9-23-45(44)51)64-61(63-59)56-55-49-27-13-15-29-54(49)66-58(55)48-26-11-10-25-47(48)57(56)65-52-28-14-12-24-46(52)50-34-40-18-4-5-19-41(40)36-53(50)65/h1-7,9-21,23-36H,8,22H2. The Morgan fingerprint density at radius 3 is 1.89 bits per heavy atom. The molecule has 0 saturated heterocycles. The number of thiophene rings is 1. The molecule has 66 heavy (non-hydrogen) atoms. The molecule has 0 aliphatic heterocycles. The summed E-state index contributed by atoms with van der Waals surface area (Å²) in [6.45, 7) is 0. The van der Waals surface area contributed by atoms with Crippen LogP contribution < -0.4 is 0 Å². The van der Waals surface area contributed by atoms with Crippen LogP contribution in [0, 0.1) is 0 Å². The van der Waals surface area contributed by atoms with E-state index in [0.29, 0.717) is 17.5 Å². The highest BCUT2D eigenvalue weighted by Crippen LogP contribution is 2.50. The minimum atomic E-state index is 0.635. The van der Waals surface area contributed by atoms with Crippen LogP contribution in [0.2, 0.25) is 0 Å². The SMILES string of the molecule is C1=Cc2c(-c3nc(-c4ccc(-c5ccccc5)cc4)nc(-c4c(-n5c6ccccc6c6cc7ccccc7cc65)c5ccccc5c5sc6ccccc6c45)n3)cc3ccccc3c2CC1. The first-order valence-electron chi connectivity index (χ1n) is 22.7. The molecule has 0 bridgehead atoms. The molecule has 5 heteroatoms. The van der Waals surface area contributed by atoms with Crippen LogP contribution in [-0.4, -0.2) is 19.5 Å². The topological polar surface area (TPSA) is 43.6 Å². The number of para-hydroxylation sites is 1. The normalized spacial score (nSPS) is 12.7. The number of benzene rings is 10. The van der Waals surface area contributed by atoms with Crippen molar-refractivity contribution in [2.45, 2.75) is 12.8 Å². The summed E-state index contributed by atoms with van der Waals surface area (Å²) in [4.78, 5) is 16.9. The van der Waals surface area contributed by atoms with Crippen molar-refractivity contribution in [2.75, 3.05) is 0 Å². The van der Waals surface area contributed by atoms with Gasteiger partial charge < -0.3 is 4.57 Å². The Bertz CT molecular complexity index is 4160. The molecule has 1 aliphatic rings. The van der Waals surface area contributed by atoms with E-state index < -0.39 is 0 Å². The minimum Gasteiger partial charge on any atom is -0.308 e. The van der Waals surface area contributed by atoms with Gasteiger partial charge >= 0.3 is 0 Å². The lowest BCUT2D eigenvalue weighted by atomic mass is 9.88. The summed E-state index contributed by atoms with van der Waals surface area (Å²) >= 11 is 1.85. The number of hydrogen-bond acceptors (Lipinski definition) is 4. The van der Waals surface area contributed by atoms with Gasteiger partial charge in [-0.15, -0.1) is 11.3 Å². The maximum absolute atomic E-state index is 5.74. The second kappa shape index (κ2) is 14.6. The summed E-state index contributed by atoms with van der Waals surface area (Å²) in [6.07, 6.45) is 6.54. The number of aromatic nitrogens is 4. The Balaban J connectivity index is 1.15. The molecule has 3 aromatic heterocycles. The van der Waals surface area contributed by atoms with Crippen molar-refractivity contribution in [1.82, 2.24) is 19.5 Å². The molecule has 0 saturated carbocycles. The lowest BCUT2D eigenvalue weighted by Gasteiger charge is -2.20. The van der Waals surface area contributed by atoms with E-state index in [9.17, 15) is 0 Å². The van der Waals surface area contributed by atoms with E-state index in [-0.39, 0.29) is 0 Å². The van der Waals surface area contributed by atoms with Gasteiger partial charge in [0.05, 0.1) is 22.3 Å². The highest BCUT2D eigenvalue weighted by atomic mass is 32.1. The molecule has 0 spiro atoms. The molecule has 10 aromatic carbocycles. The summed E-state index contributed by atoms with van der Waals surface area (Å²) in [7, 11) is 0. The van der Waals surface area contributed by atoms with Crippen LogP contribution in [0.15, 0.2) is 200 Å². The molecule has 0 fully saturated rings. The molecule has 1 aliphatic carbocycles. The van der Waals surface area contributed by atoms with E-state index >= 15 is 0 Å². The number of rotatable bonds is 5. The van der Waals surface area contributed by atoms with Gasteiger partial charge in [0.2, 0.25) is 0 Å². The van der Waals surface area contributed by atoms with Gasteiger partial charge in [-0.2, -0.15) is 0 Å². The van der Waals surface area contributed by atoms with Crippen LogP contribution in [0.3, 0.4) is 0 Å². The van der Waals surface area contributed by atoms with E-state index in [0.717, 1.165) is 62.6 Å². The van der Waals surface area contributed by atoms with E-state index in [1.807, 2.05) is 11.3 Å². The second-order valence-corrected chi connectivity index (χ2v) is 18.4. The van der Waals surface area contributed by atoms with E-state index in [4.69, 9.17) is 15.0 Å². The zero-order chi connectivity index (χ0) is 43.3. The van der Waals surface area contributed by atoms with Gasteiger partial charge in [0, 0.05) is 52.8 Å². The minimum absolute atomic E-state index is 0.635. The quantitative estimate of drug-likeness (QED) is 0.173. The summed E-state index contributed by atoms with van der Waals surface area (Å²) in [6, 6.07) is 70.3. The number of nitrogens with zero attached hydrogens (tertiary/aromatic N) is 4. The van der Waals surface area contributed by atoms with Gasteiger partial charge in [0.25, 0.3) is 0 Å². The first kappa shape index (κ1) is 37.2. The fourth-order valence-corrected chi connectivity index (χ4v) is 11.9. The molecule has 14 rings (SSSR count). The Morgan fingerprint density at radius 2 is 1.06 bits per heavy atom. The van der Waals surface area contributed by atoms with Crippen LogP contribution >= 0.6 is 11.3 Å². The van der Waals surface area contributed by atoms with Crippen LogP contribution in [0.4, 0.5) is 0 Å². The monoisotopic (exact) mass is 858 g/mol. The van der Waals surface area contributed by atoms with Gasteiger partial charge in [-0.25, -0.2) is 15.0 Å². The largest absolute Gasteiger partial charge is 0.308 e. The third kappa shape index (κ3) is 5.67. The van der Waals surface area contributed by atoms with Gasteiger partial charge in [-0.1, -0.05) is 176 Å². The maximum atomic E-state index is 5.74. The van der Waals surface area contributed by atoms with E-state index in [2.05, 4.69) is 211 Å². The molecule has 0 amide bonds. The van der Waals surface area contributed by atoms with Crippen molar-refractivity contribution < 1.29 is 0 Å². The highest BCUT2D eigenvalue weighted by Gasteiger charge is 2.28. The van der Waals surface area contributed by atoms with Crippen molar-refractivity contribution in [3.05, 3.63) is 211 Å². The molecule has 13 aromatic rings. The fourth-order valence-electron chi connectivity index (χ4n) is 10.7. The average Bonchev–Trinajstić information content (AvgIpc) is 3.93. The van der Waals surface area contributed by atoms with E-state index in [1.165, 1.54) is 69.2 Å². The molecule has 0 radical (unpaired) electrons. The lowest BCUT2D eigenvalue weighted by Crippen LogP contribution is -2.06. The van der Waals surface area contributed by atoms with Crippen molar-refractivity contribution in [2.24, 2.45) is 0 Å². The Morgan fingerprint density at radius 1 is 0.439 bits per heavy atom. The van der Waals surface area contributed by atoms with Crippen LogP contribution in [0.5, 0.6) is 0 Å². The summed E-state index contributed by atoms with van der Waals surface area (Å²) < 4.78 is 4.95. The first-order chi connectivity index (χ1) is 32.7. The maximum Gasteiger partial charge on any atom is 0.166 e. The number of allylic oxidation sites excluding steroid dienone is 1. The molecule has 4 nitrogen and oxygen atoms in total. The van der Waals surface area contributed by atoms with Crippen LogP contribution in [-0.2, 0) is 6.42 Å². The predicted molar refractivity (Wildman–Crippen MR) is 279 cm³/mol. The van der Waals surface area contributed by atoms with E-state index in [1.54, 1.807) is 0 Å². The zero-order valence-corrected chi connectivity index (χ0v) is 36.6. The number of hydrogen-bond donors (Lipinski definition) is 0. The Hall–Kier alpha value is -8.25. The molecule has 3 heterocycles. The zero-order valence-electron chi connectivity index (χ0n) is 35.7. The van der Waals surface area contributed by atoms with Crippen LogP contribution in [0.1, 0.15) is 17.5 Å². The molecular weight excluding hydrogens is 821 g/mol. The summed E-state index contributed by atoms with van der Waals surface area (Å²) in [5.74, 6) is 1.94. The number of fused-ring (bicyclic) bond motifs is 12. The van der Waals surface area contributed by atoms with Crippen molar-refractivity contribution in [3.63, 3.8) is 0 Å². The van der Waals surface area contributed by atoms with Crippen molar-refractivity contribution in [3.8, 4) is 51.0 Å². The smallest absolute Gasteiger partial charge is 0.166 e. The first-order valence-corrected chi connectivity index (χ1v) is 23.5. The summed E-state index contributed by atoms with van der Waals surface area (Å²) in [5, 5.41) is 12.0. The molecule has 0 unspecified atom stereocenters. The van der Waals surface area contributed by atoms with Gasteiger partial charge in [0.1, 0.15) is 0 Å². The molecule has 0 atom stereocenters. The third-order valence-corrected chi connectivity index (χ3v) is 14.9. The molecule has 0 N–H and O–H groups in total. The predicted octanol–water partition coefficient (Wildman–Crippen LogP) is 16.4. The van der Waals surface area contributed by atoms with Crippen molar-refractivity contribution >= 4 is 91.7 Å². The fraction of sp³-hybridized carbons (Fsp3) is 0.0328. The third-order valence-electron chi connectivity index (χ3n) is 13.7. The van der Waals surface area contributed by atoms with Crippen molar-refractivity contribution in [1.29, 1.82) is 0 Å².